The zero-order valence-electron chi connectivity index (χ0n) is 10.8. The number of thiophene rings is 1. The first-order chi connectivity index (χ1) is 8.75. The van der Waals surface area contributed by atoms with Crippen molar-refractivity contribution in [3.8, 4) is 0 Å². The van der Waals surface area contributed by atoms with Gasteiger partial charge in [-0.1, -0.05) is 0 Å². The fourth-order valence-electron chi connectivity index (χ4n) is 2.41. The van der Waals surface area contributed by atoms with Crippen molar-refractivity contribution in [3.63, 3.8) is 0 Å². The maximum absolute atomic E-state index is 12.5. The Morgan fingerprint density at radius 2 is 2.26 bits per heavy atom. The van der Waals surface area contributed by atoms with E-state index in [1.165, 1.54) is 4.70 Å². The quantitative estimate of drug-likeness (QED) is 0.877. The zero-order chi connectivity index (χ0) is 12.5. The highest BCUT2D eigenvalue weighted by molar-refractivity contribution is 7.17. The van der Waals surface area contributed by atoms with E-state index in [0.717, 1.165) is 30.6 Å². The smallest absolute Gasteiger partial charge is 0.254 e. The molecule has 1 fully saturated rings. The van der Waals surface area contributed by atoms with Gasteiger partial charge in [0, 0.05) is 35.9 Å². The highest BCUT2D eigenvalue weighted by Gasteiger charge is 2.23. The monoisotopic (exact) mass is 296 g/mol. The Labute approximate surface area is 123 Å². The molecule has 0 radical (unpaired) electrons. The fraction of sp³-hybridized carbons (Fsp3) is 0.357. The summed E-state index contributed by atoms with van der Waals surface area (Å²) in [6, 6.07) is 8.32. The van der Waals surface area contributed by atoms with Crippen molar-refractivity contribution >= 4 is 39.7 Å². The van der Waals surface area contributed by atoms with Crippen LogP contribution >= 0.6 is 23.7 Å². The Morgan fingerprint density at radius 3 is 3.05 bits per heavy atom. The van der Waals surface area contributed by atoms with Gasteiger partial charge in [-0.15, -0.1) is 23.7 Å². The van der Waals surface area contributed by atoms with Gasteiger partial charge in [0.25, 0.3) is 5.91 Å². The zero-order valence-corrected chi connectivity index (χ0v) is 12.4. The highest BCUT2D eigenvalue weighted by Crippen LogP contribution is 2.22. The molecular formula is C14H17ClN2OS. The SMILES string of the molecule is CC1CNCCN1C(=O)c1ccc2sccc2c1.Cl. The van der Waals surface area contributed by atoms with E-state index in [4.69, 9.17) is 0 Å². The lowest BCUT2D eigenvalue weighted by molar-refractivity contribution is 0.0656. The molecule has 0 saturated carbocycles. The van der Waals surface area contributed by atoms with Crippen molar-refractivity contribution in [2.24, 2.45) is 0 Å². The van der Waals surface area contributed by atoms with Crippen LogP contribution in [0.3, 0.4) is 0 Å². The average Bonchev–Trinajstić information content (AvgIpc) is 2.85. The molecule has 3 nitrogen and oxygen atoms in total. The lowest BCUT2D eigenvalue weighted by atomic mass is 10.1. The first-order valence-corrected chi connectivity index (χ1v) is 7.12. The number of nitrogens with one attached hydrogen (secondary N) is 1. The number of amides is 1. The molecule has 3 rings (SSSR count). The molecule has 1 aromatic carbocycles. The second-order valence-corrected chi connectivity index (χ2v) is 5.67. The van der Waals surface area contributed by atoms with Gasteiger partial charge >= 0.3 is 0 Å². The van der Waals surface area contributed by atoms with Crippen LogP contribution < -0.4 is 5.32 Å². The van der Waals surface area contributed by atoms with Gasteiger partial charge < -0.3 is 10.2 Å². The number of nitrogens with zero attached hydrogens (tertiary/aromatic N) is 1. The van der Waals surface area contributed by atoms with Crippen LogP contribution in [-0.4, -0.2) is 36.5 Å². The standard InChI is InChI=1S/C14H16N2OS.ClH/c1-10-9-15-5-6-16(10)14(17)12-2-3-13-11(8-12)4-7-18-13;/h2-4,7-8,10,15H,5-6,9H2,1H3;1H. The number of hydrogen-bond acceptors (Lipinski definition) is 3. The molecular weight excluding hydrogens is 280 g/mol. The Hall–Kier alpha value is -1.10. The van der Waals surface area contributed by atoms with E-state index in [0.29, 0.717) is 0 Å². The molecule has 0 aliphatic carbocycles. The van der Waals surface area contributed by atoms with E-state index in [9.17, 15) is 4.79 Å². The van der Waals surface area contributed by atoms with Crippen molar-refractivity contribution in [2.45, 2.75) is 13.0 Å². The van der Waals surface area contributed by atoms with Crippen LogP contribution in [-0.2, 0) is 0 Å². The molecule has 1 amide bonds. The van der Waals surface area contributed by atoms with Gasteiger partial charge in [0.15, 0.2) is 0 Å². The lowest BCUT2D eigenvalue weighted by Gasteiger charge is -2.34. The topological polar surface area (TPSA) is 32.3 Å². The molecule has 1 N–H and O–H groups in total. The van der Waals surface area contributed by atoms with Crippen molar-refractivity contribution in [3.05, 3.63) is 35.2 Å². The van der Waals surface area contributed by atoms with Crippen LogP contribution in [0.15, 0.2) is 29.6 Å². The third-order valence-electron chi connectivity index (χ3n) is 3.46. The lowest BCUT2D eigenvalue weighted by Crippen LogP contribution is -2.52. The number of piperazine rings is 1. The third kappa shape index (κ3) is 2.76. The van der Waals surface area contributed by atoms with E-state index >= 15 is 0 Å². The van der Waals surface area contributed by atoms with Crippen molar-refractivity contribution in [1.82, 2.24) is 10.2 Å². The predicted octanol–water partition coefficient (Wildman–Crippen LogP) is 2.76. The van der Waals surface area contributed by atoms with Crippen molar-refractivity contribution < 1.29 is 4.79 Å². The van der Waals surface area contributed by atoms with Crippen LogP contribution in [0.1, 0.15) is 17.3 Å². The summed E-state index contributed by atoms with van der Waals surface area (Å²) < 4.78 is 1.24. The summed E-state index contributed by atoms with van der Waals surface area (Å²) in [5.74, 6) is 0.150. The van der Waals surface area contributed by atoms with Crippen LogP contribution in [0.2, 0.25) is 0 Å². The molecule has 5 heteroatoms. The summed E-state index contributed by atoms with van der Waals surface area (Å²) >= 11 is 1.71. The number of halogens is 1. The van der Waals surface area contributed by atoms with E-state index in [-0.39, 0.29) is 24.4 Å². The van der Waals surface area contributed by atoms with Gasteiger partial charge in [-0.25, -0.2) is 0 Å². The van der Waals surface area contributed by atoms with Gasteiger partial charge in [0.1, 0.15) is 0 Å². The first kappa shape index (κ1) is 14.3. The Kier molecular flexibility index (Phi) is 4.45. The molecule has 1 saturated heterocycles. The number of carbonyl (C=O) groups is 1. The van der Waals surface area contributed by atoms with Crippen LogP contribution in [0.25, 0.3) is 10.1 Å². The number of fused-ring (bicyclic) bond motifs is 1. The molecule has 1 aliphatic rings. The molecule has 1 unspecified atom stereocenters. The summed E-state index contributed by atoms with van der Waals surface area (Å²) in [5.41, 5.74) is 0.801. The minimum atomic E-state index is 0. The van der Waals surface area contributed by atoms with Crippen molar-refractivity contribution in [2.75, 3.05) is 19.6 Å². The van der Waals surface area contributed by atoms with Crippen LogP contribution in [0.4, 0.5) is 0 Å². The van der Waals surface area contributed by atoms with E-state index < -0.39 is 0 Å². The average molecular weight is 297 g/mol. The van der Waals surface area contributed by atoms with Gasteiger partial charge in [-0.05, 0) is 42.0 Å². The van der Waals surface area contributed by atoms with Crippen molar-refractivity contribution in [1.29, 1.82) is 0 Å². The number of benzene rings is 1. The fourth-order valence-corrected chi connectivity index (χ4v) is 3.18. The summed E-state index contributed by atoms with van der Waals surface area (Å²) in [7, 11) is 0. The molecule has 0 bridgehead atoms. The molecule has 1 atom stereocenters. The second-order valence-electron chi connectivity index (χ2n) is 4.72. The van der Waals surface area contributed by atoms with Gasteiger partial charge in [-0.2, -0.15) is 0 Å². The minimum absolute atomic E-state index is 0. The van der Waals surface area contributed by atoms with E-state index in [1.54, 1.807) is 11.3 Å². The summed E-state index contributed by atoms with van der Waals surface area (Å²) in [6.07, 6.45) is 0. The number of hydrogen-bond donors (Lipinski definition) is 1. The third-order valence-corrected chi connectivity index (χ3v) is 4.36. The van der Waals surface area contributed by atoms with Gasteiger partial charge in [0.2, 0.25) is 0 Å². The van der Waals surface area contributed by atoms with E-state index in [2.05, 4.69) is 23.7 Å². The maximum atomic E-state index is 12.5. The largest absolute Gasteiger partial charge is 0.333 e. The van der Waals surface area contributed by atoms with E-state index in [1.807, 2.05) is 23.1 Å². The summed E-state index contributed by atoms with van der Waals surface area (Å²) in [5, 5.41) is 6.53. The number of carbonyl (C=O) groups excluding carboxylic acids is 1. The van der Waals surface area contributed by atoms with Gasteiger partial charge in [-0.3, -0.25) is 4.79 Å². The van der Waals surface area contributed by atoms with Crippen LogP contribution in [0.5, 0.6) is 0 Å². The summed E-state index contributed by atoms with van der Waals surface area (Å²) in [4.78, 5) is 14.4. The molecule has 2 aromatic rings. The maximum Gasteiger partial charge on any atom is 0.254 e. The Bertz CT molecular complexity index is 584. The molecule has 1 aliphatic heterocycles. The molecule has 2 heterocycles. The molecule has 1 aromatic heterocycles. The van der Waals surface area contributed by atoms with Gasteiger partial charge in [0.05, 0.1) is 0 Å². The second kappa shape index (κ2) is 5.90. The Morgan fingerprint density at radius 1 is 1.42 bits per heavy atom. The summed E-state index contributed by atoms with van der Waals surface area (Å²) in [6.45, 7) is 4.65. The minimum Gasteiger partial charge on any atom is -0.333 e. The number of rotatable bonds is 1. The molecule has 102 valence electrons. The first-order valence-electron chi connectivity index (χ1n) is 6.24. The molecule has 19 heavy (non-hydrogen) atoms. The molecule has 0 spiro atoms. The van der Waals surface area contributed by atoms with Crippen LogP contribution in [0, 0.1) is 0 Å². The normalized spacial score (nSPS) is 19.2. The Balaban J connectivity index is 0.00000133. The predicted molar refractivity (Wildman–Crippen MR) is 82.4 cm³/mol. The highest BCUT2D eigenvalue weighted by atomic mass is 35.5.